The van der Waals surface area contributed by atoms with Crippen molar-refractivity contribution in [2.24, 2.45) is 10.9 Å². The Morgan fingerprint density at radius 3 is 2.85 bits per heavy atom. The summed E-state index contributed by atoms with van der Waals surface area (Å²) in [6.07, 6.45) is 6.11. The summed E-state index contributed by atoms with van der Waals surface area (Å²) in [6.45, 7) is 6.07. The Morgan fingerprint density at radius 1 is 1.30 bits per heavy atom. The van der Waals surface area contributed by atoms with Gasteiger partial charge in [0.1, 0.15) is 5.65 Å². The molecule has 0 aliphatic heterocycles. The molecule has 0 aromatic carbocycles. The van der Waals surface area contributed by atoms with Crippen LogP contribution >= 0.6 is 35.3 Å². The van der Waals surface area contributed by atoms with Gasteiger partial charge in [0.15, 0.2) is 5.96 Å². The Hall–Kier alpha value is -1.61. The topological polar surface area (TPSA) is 53.7 Å². The van der Waals surface area contributed by atoms with Gasteiger partial charge in [-0.2, -0.15) is 0 Å². The van der Waals surface area contributed by atoms with Crippen molar-refractivity contribution in [2.45, 2.75) is 26.7 Å². The Balaban J connectivity index is 0.00000261. The third-order valence-corrected chi connectivity index (χ3v) is 5.27. The van der Waals surface area contributed by atoms with Crippen molar-refractivity contribution < 1.29 is 0 Å². The van der Waals surface area contributed by atoms with Gasteiger partial charge in [0.2, 0.25) is 0 Å². The molecule has 0 saturated carbocycles. The van der Waals surface area contributed by atoms with Gasteiger partial charge in [0, 0.05) is 43.8 Å². The summed E-state index contributed by atoms with van der Waals surface area (Å²) in [5.74, 6) is 1.41. The molecule has 27 heavy (non-hydrogen) atoms. The van der Waals surface area contributed by atoms with E-state index >= 15 is 0 Å². The number of hydrogen-bond donors (Lipinski definition) is 2. The van der Waals surface area contributed by atoms with E-state index in [0.29, 0.717) is 5.92 Å². The predicted molar refractivity (Wildman–Crippen MR) is 126 cm³/mol. The molecule has 1 atom stereocenters. The van der Waals surface area contributed by atoms with Crippen molar-refractivity contribution in [3.8, 4) is 0 Å². The first kappa shape index (κ1) is 21.7. The number of aryl methyl sites for hydroxylation is 1. The fraction of sp³-hybridized carbons (Fsp3) is 0.400. The maximum atomic E-state index is 4.71. The Morgan fingerprint density at radius 2 is 2.15 bits per heavy atom. The summed E-state index contributed by atoms with van der Waals surface area (Å²) in [7, 11) is 1.81. The van der Waals surface area contributed by atoms with Gasteiger partial charge >= 0.3 is 0 Å². The van der Waals surface area contributed by atoms with Crippen LogP contribution in [0.15, 0.2) is 47.0 Å². The van der Waals surface area contributed by atoms with Crippen LogP contribution in [0, 0.1) is 12.8 Å². The zero-order valence-electron chi connectivity index (χ0n) is 16.1. The molecule has 0 aliphatic rings. The van der Waals surface area contributed by atoms with Crippen molar-refractivity contribution in [2.75, 3.05) is 20.1 Å². The fourth-order valence-corrected chi connectivity index (χ4v) is 3.84. The number of guanidine groups is 1. The first-order chi connectivity index (χ1) is 12.7. The lowest BCUT2D eigenvalue weighted by molar-refractivity contribution is 0.562. The first-order valence-corrected chi connectivity index (χ1v) is 9.93. The summed E-state index contributed by atoms with van der Waals surface area (Å²) in [4.78, 5) is 10.5. The average Bonchev–Trinajstić information content (AvgIpc) is 3.28. The van der Waals surface area contributed by atoms with Crippen molar-refractivity contribution in [3.05, 3.63) is 58.2 Å². The van der Waals surface area contributed by atoms with E-state index in [9.17, 15) is 0 Å². The lowest BCUT2D eigenvalue weighted by Gasteiger charge is -2.15. The highest BCUT2D eigenvalue weighted by Crippen LogP contribution is 2.13. The van der Waals surface area contributed by atoms with E-state index in [2.05, 4.69) is 69.7 Å². The molecule has 0 bridgehead atoms. The highest BCUT2D eigenvalue weighted by molar-refractivity contribution is 14.0. The molecule has 3 aromatic heterocycles. The number of aromatic nitrogens is 2. The third-order valence-electron chi connectivity index (χ3n) is 4.37. The smallest absolute Gasteiger partial charge is 0.190 e. The lowest BCUT2D eigenvalue weighted by Crippen LogP contribution is -2.40. The number of halogens is 1. The molecule has 2 N–H and O–H groups in total. The number of aliphatic imine (C=N–C) groups is 1. The van der Waals surface area contributed by atoms with Gasteiger partial charge in [0.05, 0.1) is 5.69 Å². The first-order valence-electron chi connectivity index (χ1n) is 9.06. The van der Waals surface area contributed by atoms with E-state index < -0.39 is 0 Å². The van der Waals surface area contributed by atoms with Crippen LogP contribution in [0.5, 0.6) is 0 Å². The maximum absolute atomic E-state index is 4.71. The molecule has 0 radical (unpaired) electrons. The monoisotopic (exact) mass is 497 g/mol. The van der Waals surface area contributed by atoms with Crippen LogP contribution < -0.4 is 10.6 Å². The Bertz CT molecular complexity index is 857. The predicted octanol–water partition coefficient (Wildman–Crippen LogP) is 3.91. The molecule has 0 spiro atoms. The van der Waals surface area contributed by atoms with E-state index in [0.717, 1.165) is 43.2 Å². The summed E-state index contributed by atoms with van der Waals surface area (Å²) in [6, 6.07) is 8.45. The molecule has 146 valence electrons. The molecular formula is C20H28IN5S. The number of nitrogens with one attached hydrogen (secondary N) is 2. The van der Waals surface area contributed by atoms with Crippen LogP contribution in [0.2, 0.25) is 0 Å². The van der Waals surface area contributed by atoms with E-state index in [1.165, 1.54) is 10.4 Å². The van der Waals surface area contributed by atoms with Crippen LogP contribution in [0.1, 0.15) is 23.1 Å². The van der Waals surface area contributed by atoms with Crippen LogP contribution in [0.4, 0.5) is 0 Å². The van der Waals surface area contributed by atoms with Crippen LogP contribution in [-0.4, -0.2) is 35.5 Å². The van der Waals surface area contributed by atoms with Gasteiger partial charge in [-0.25, -0.2) is 4.98 Å². The summed E-state index contributed by atoms with van der Waals surface area (Å²) in [5, 5.41) is 8.94. The van der Waals surface area contributed by atoms with Crippen LogP contribution in [0.3, 0.4) is 0 Å². The van der Waals surface area contributed by atoms with Crippen LogP contribution in [-0.2, 0) is 12.8 Å². The van der Waals surface area contributed by atoms with E-state index in [-0.39, 0.29) is 24.0 Å². The highest BCUT2D eigenvalue weighted by atomic mass is 127. The summed E-state index contributed by atoms with van der Waals surface area (Å²) >= 11 is 1.82. The second-order valence-corrected chi connectivity index (χ2v) is 7.71. The van der Waals surface area contributed by atoms with E-state index in [4.69, 9.17) is 4.98 Å². The quantitative estimate of drug-likeness (QED) is 0.296. The van der Waals surface area contributed by atoms with Crippen molar-refractivity contribution >= 4 is 46.9 Å². The van der Waals surface area contributed by atoms with Gasteiger partial charge in [-0.15, -0.1) is 35.3 Å². The molecule has 7 heteroatoms. The van der Waals surface area contributed by atoms with Gasteiger partial charge in [-0.05, 0) is 42.3 Å². The van der Waals surface area contributed by atoms with Crippen molar-refractivity contribution in [3.63, 3.8) is 0 Å². The SMILES string of the molecule is CN=C(NCCc1cn2cccc(C)c2n1)NCC(C)Cc1cccs1.I. The number of imidazole rings is 1. The average molecular weight is 497 g/mol. The number of fused-ring (bicyclic) bond motifs is 1. The number of hydrogen-bond acceptors (Lipinski definition) is 3. The minimum absolute atomic E-state index is 0. The second kappa shape index (κ2) is 10.7. The molecule has 5 nitrogen and oxygen atoms in total. The second-order valence-electron chi connectivity index (χ2n) is 6.67. The largest absolute Gasteiger partial charge is 0.356 e. The Kier molecular flexibility index (Phi) is 8.56. The molecule has 0 aliphatic carbocycles. The summed E-state index contributed by atoms with van der Waals surface area (Å²) < 4.78 is 2.09. The molecule has 0 amide bonds. The van der Waals surface area contributed by atoms with Gasteiger partial charge in [-0.1, -0.05) is 19.1 Å². The van der Waals surface area contributed by atoms with Gasteiger partial charge < -0.3 is 15.0 Å². The molecule has 3 heterocycles. The fourth-order valence-electron chi connectivity index (χ4n) is 2.97. The van der Waals surface area contributed by atoms with Crippen molar-refractivity contribution in [1.82, 2.24) is 20.0 Å². The minimum atomic E-state index is 0. The summed E-state index contributed by atoms with van der Waals surface area (Å²) in [5.41, 5.74) is 3.32. The van der Waals surface area contributed by atoms with E-state index in [1.807, 2.05) is 24.6 Å². The van der Waals surface area contributed by atoms with Crippen LogP contribution in [0.25, 0.3) is 5.65 Å². The zero-order valence-corrected chi connectivity index (χ0v) is 19.3. The number of rotatable bonds is 7. The molecule has 3 rings (SSSR count). The number of nitrogens with zero attached hydrogens (tertiary/aromatic N) is 3. The maximum Gasteiger partial charge on any atom is 0.190 e. The number of pyridine rings is 1. The normalized spacial score (nSPS) is 12.6. The zero-order chi connectivity index (χ0) is 18.4. The molecule has 1 unspecified atom stereocenters. The molecular weight excluding hydrogens is 469 g/mol. The van der Waals surface area contributed by atoms with E-state index in [1.54, 1.807) is 0 Å². The molecule has 0 fully saturated rings. The Labute approximate surface area is 182 Å². The van der Waals surface area contributed by atoms with Gasteiger partial charge in [-0.3, -0.25) is 4.99 Å². The van der Waals surface area contributed by atoms with Gasteiger partial charge in [0.25, 0.3) is 0 Å². The standard InChI is InChI=1S/C20H27N5S.HI/c1-15(12-18-7-5-11-26-18)13-23-20(21-3)22-9-8-17-14-25-10-4-6-16(2)19(25)24-17;/h4-7,10-11,14-15H,8-9,12-13H2,1-3H3,(H2,21,22,23);1H. The highest BCUT2D eigenvalue weighted by Gasteiger charge is 2.07. The minimum Gasteiger partial charge on any atom is -0.356 e. The third kappa shape index (κ3) is 6.21. The van der Waals surface area contributed by atoms with Crippen molar-refractivity contribution in [1.29, 1.82) is 0 Å². The number of thiophene rings is 1. The molecule has 3 aromatic rings. The lowest BCUT2D eigenvalue weighted by atomic mass is 10.1. The molecule has 0 saturated heterocycles.